The third-order valence-electron chi connectivity index (χ3n) is 3.98. The molecular formula is C18H16O9. The maximum absolute atomic E-state index is 12.6. The van der Waals surface area contributed by atoms with Crippen molar-refractivity contribution < 1.29 is 39.1 Å². The number of ether oxygens (including phenoxy) is 3. The van der Waals surface area contributed by atoms with E-state index in [1.54, 1.807) is 0 Å². The quantitative estimate of drug-likeness (QED) is 0.540. The summed E-state index contributed by atoms with van der Waals surface area (Å²) in [6.45, 7) is 0. The number of aromatic hydroxyl groups is 4. The van der Waals surface area contributed by atoms with Crippen molar-refractivity contribution in [3.63, 3.8) is 0 Å². The molecule has 0 aliphatic heterocycles. The molecule has 9 heteroatoms. The van der Waals surface area contributed by atoms with Gasteiger partial charge in [-0.05, 0) is 12.1 Å². The second-order valence-corrected chi connectivity index (χ2v) is 5.49. The molecular weight excluding hydrogens is 360 g/mol. The summed E-state index contributed by atoms with van der Waals surface area (Å²) in [7, 11) is 3.90. The standard InChI is InChI=1S/C18H16O9/c1-24-11-6-8(19)12-13(22)14(23)15(27-18(12)17(11)26-3)7-4-9(20)16(25-2)10(21)5-7/h4-6,19-21,23H,1-3H3. The lowest BCUT2D eigenvalue weighted by molar-refractivity contribution is 0.344. The van der Waals surface area contributed by atoms with Gasteiger partial charge >= 0.3 is 0 Å². The molecule has 0 saturated heterocycles. The highest BCUT2D eigenvalue weighted by Gasteiger charge is 2.25. The highest BCUT2D eigenvalue weighted by atomic mass is 16.5. The third-order valence-corrected chi connectivity index (χ3v) is 3.98. The van der Waals surface area contributed by atoms with E-state index in [0.29, 0.717) is 0 Å². The molecule has 9 nitrogen and oxygen atoms in total. The molecule has 0 radical (unpaired) electrons. The lowest BCUT2D eigenvalue weighted by Gasteiger charge is -2.14. The molecule has 0 fully saturated rings. The first kappa shape index (κ1) is 18.1. The van der Waals surface area contributed by atoms with Crippen LogP contribution in [0.4, 0.5) is 0 Å². The summed E-state index contributed by atoms with van der Waals surface area (Å²) < 4.78 is 20.8. The first-order valence-electron chi connectivity index (χ1n) is 7.58. The Morgan fingerprint density at radius 1 is 0.815 bits per heavy atom. The van der Waals surface area contributed by atoms with Crippen LogP contribution in [0.5, 0.6) is 40.2 Å². The molecule has 27 heavy (non-hydrogen) atoms. The van der Waals surface area contributed by atoms with Crippen LogP contribution >= 0.6 is 0 Å². The molecule has 142 valence electrons. The zero-order valence-electron chi connectivity index (χ0n) is 14.6. The number of phenolic OH excluding ortho intramolecular Hbond substituents is 3. The Hall–Kier alpha value is -3.75. The van der Waals surface area contributed by atoms with E-state index in [1.807, 2.05) is 0 Å². The number of phenols is 3. The lowest BCUT2D eigenvalue weighted by atomic mass is 10.1. The van der Waals surface area contributed by atoms with Crippen molar-refractivity contribution in [2.75, 3.05) is 21.3 Å². The first-order valence-corrected chi connectivity index (χ1v) is 7.58. The van der Waals surface area contributed by atoms with Crippen LogP contribution in [-0.2, 0) is 0 Å². The number of rotatable bonds is 4. The largest absolute Gasteiger partial charge is 0.507 e. The van der Waals surface area contributed by atoms with Gasteiger partial charge in [-0.25, -0.2) is 0 Å². The van der Waals surface area contributed by atoms with Crippen LogP contribution in [0.15, 0.2) is 27.4 Å². The van der Waals surface area contributed by atoms with Gasteiger partial charge in [0.15, 0.2) is 28.6 Å². The summed E-state index contributed by atoms with van der Waals surface area (Å²) in [5.74, 6) is -2.59. The number of fused-ring (bicyclic) bond motifs is 1. The maximum Gasteiger partial charge on any atom is 0.238 e. The van der Waals surface area contributed by atoms with Gasteiger partial charge in [-0.1, -0.05) is 0 Å². The van der Waals surface area contributed by atoms with Crippen LogP contribution in [0.3, 0.4) is 0 Å². The van der Waals surface area contributed by atoms with Crippen LogP contribution in [0.25, 0.3) is 22.3 Å². The fourth-order valence-corrected chi connectivity index (χ4v) is 2.77. The SMILES string of the molecule is COc1cc(O)c2c(=O)c(O)c(-c3cc(O)c(OC)c(O)c3)oc2c1OC. The summed E-state index contributed by atoms with van der Waals surface area (Å²) in [6, 6.07) is 3.42. The van der Waals surface area contributed by atoms with Crippen molar-refractivity contribution >= 4 is 11.0 Å². The monoisotopic (exact) mass is 376 g/mol. The zero-order valence-corrected chi connectivity index (χ0v) is 14.6. The molecule has 2 aromatic carbocycles. The second kappa shape index (κ2) is 6.52. The third kappa shape index (κ3) is 2.69. The molecule has 0 unspecified atom stereocenters. The van der Waals surface area contributed by atoms with E-state index in [4.69, 9.17) is 18.6 Å². The fourth-order valence-electron chi connectivity index (χ4n) is 2.77. The molecule has 3 aromatic rings. The summed E-state index contributed by atoms with van der Waals surface area (Å²) in [5.41, 5.74) is -1.12. The summed E-state index contributed by atoms with van der Waals surface area (Å²) in [4.78, 5) is 12.6. The van der Waals surface area contributed by atoms with Crippen LogP contribution in [-0.4, -0.2) is 41.8 Å². The molecule has 0 spiro atoms. The summed E-state index contributed by atoms with van der Waals surface area (Å²) in [6.07, 6.45) is 0. The first-order chi connectivity index (χ1) is 12.8. The van der Waals surface area contributed by atoms with Gasteiger partial charge in [0, 0.05) is 11.6 Å². The number of benzene rings is 2. The molecule has 0 aliphatic carbocycles. The highest BCUT2D eigenvalue weighted by molar-refractivity contribution is 5.93. The average molecular weight is 376 g/mol. The van der Waals surface area contributed by atoms with E-state index in [0.717, 1.165) is 18.2 Å². The normalized spacial score (nSPS) is 10.8. The van der Waals surface area contributed by atoms with Crippen LogP contribution in [0.2, 0.25) is 0 Å². The van der Waals surface area contributed by atoms with E-state index in [2.05, 4.69) is 0 Å². The lowest BCUT2D eigenvalue weighted by Crippen LogP contribution is -2.05. The van der Waals surface area contributed by atoms with Gasteiger partial charge in [-0.2, -0.15) is 0 Å². The van der Waals surface area contributed by atoms with E-state index in [-0.39, 0.29) is 39.5 Å². The van der Waals surface area contributed by atoms with Gasteiger partial charge in [-0.3, -0.25) is 4.79 Å². The van der Waals surface area contributed by atoms with Gasteiger partial charge in [0.1, 0.15) is 11.1 Å². The van der Waals surface area contributed by atoms with Crippen LogP contribution in [0, 0.1) is 0 Å². The minimum absolute atomic E-state index is 0.00772. The Bertz CT molecular complexity index is 1080. The van der Waals surface area contributed by atoms with E-state index in [1.165, 1.54) is 21.3 Å². The Morgan fingerprint density at radius 3 is 1.93 bits per heavy atom. The Labute approximate surface area is 152 Å². The van der Waals surface area contributed by atoms with E-state index in [9.17, 15) is 25.2 Å². The van der Waals surface area contributed by atoms with E-state index >= 15 is 0 Å². The average Bonchev–Trinajstić information content (AvgIpc) is 2.63. The smallest absolute Gasteiger partial charge is 0.238 e. The minimum atomic E-state index is -0.931. The van der Waals surface area contributed by atoms with Crippen LogP contribution in [0.1, 0.15) is 0 Å². The van der Waals surface area contributed by atoms with Crippen LogP contribution < -0.4 is 19.6 Å². The molecule has 4 N–H and O–H groups in total. The molecule has 0 aliphatic rings. The maximum atomic E-state index is 12.6. The van der Waals surface area contributed by atoms with Crippen molar-refractivity contribution in [3.8, 4) is 51.6 Å². The van der Waals surface area contributed by atoms with Crippen molar-refractivity contribution in [1.82, 2.24) is 0 Å². The zero-order chi connectivity index (χ0) is 19.9. The molecule has 0 bridgehead atoms. The van der Waals surface area contributed by atoms with Crippen molar-refractivity contribution in [3.05, 3.63) is 28.4 Å². The van der Waals surface area contributed by atoms with Gasteiger partial charge in [0.25, 0.3) is 0 Å². The molecule has 1 aromatic heterocycles. The number of methoxy groups -OCH3 is 3. The number of hydrogen-bond acceptors (Lipinski definition) is 9. The second-order valence-electron chi connectivity index (χ2n) is 5.49. The van der Waals surface area contributed by atoms with Gasteiger partial charge in [0.2, 0.25) is 22.7 Å². The Balaban J connectivity index is 2.42. The molecule has 0 saturated carbocycles. The van der Waals surface area contributed by atoms with Gasteiger partial charge < -0.3 is 39.1 Å². The predicted octanol–water partition coefficient (Wildman–Crippen LogP) is 2.31. The number of hydrogen-bond donors (Lipinski definition) is 4. The Kier molecular flexibility index (Phi) is 4.36. The minimum Gasteiger partial charge on any atom is -0.507 e. The molecule has 1 heterocycles. The molecule has 0 atom stereocenters. The van der Waals surface area contributed by atoms with Crippen molar-refractivity contribution in [2.45, 2.75) is 0 Å². The van der Waals surface area contributed by atoms with Crippen molar-refractivity contribution in [2.24, 2.45) is 0 Å². The van der Waals surface area contributed by atoms with Gasteiger partial charge in [-0.15, -0.1) is 0 Å². The summed E-state index contributed by atoms with van der Waals surface area (Å²) in [5, 5.41) is 40.0. The van der Waals surface area contributed by atoms with Gasteiger partial charge in [0.05, 0.1) is 21.3 Å². The highest BCUT2D eigenvalue weighted by Crippen LogP contribution is 2.45. The molecule has 3 rings (SSSR count). The predicted molar refractivity (Wildman–Crippen MR) is 94.2 cm³/mol. The van der Waals surface area contributed by atoms with Crippen molar-refractivity contribution in [1.29, 1.82) is 0 Å². The summed E-state index contributed by atoms with van der Waals surface area (Å²) >= 11 is 0. The molecule has 0 amide bonds. The van der Waals surface area contributed by atoms with E-state index < -0.39 is 28.4 Å². The topological polar surface area (TPSA) is 139 Å². The Morgan fingerprint density at radius 2 is 1.41 bits per heavy atom. The fraction of sp³-hybridized carbons (Fsp3) is 0.167.